The number of amides is 1. The van der Waals surface area contributed by atoms with Crippen LogP contribution in [0.4, 0.5) is 0 Å². The molecule has 3 nitrogen and oxygen atoms in total. The standard InChI is InChI=1S/C16H22N2OS/c1-11-8-13(11)9-18-14(12-4-7-20-10-12)17-16(15(18)19)5-2-3-6-16/h4,7,10-11,13-14,17H,2-3,5-6,8-9H2,1H3. The number of thiophene rings is 1. The fourth-order valence-corrected chi connectivity index (χ4v) is 4.60. The van der Waals surface area contributed by atoms with E-state index in [9.17, 15) is 4.79 Å². The molecule has 1 spiro atoms. The molecule has 0 radical (unpaired) electrons. The lowest BCUT2D eigenvalue weighted by Gasteiger charge is -2.23. The largest absolute Gasteiger partial charge is 0.321 e. The molecule has 4 rings (SSSR count). The molecule has 3 fully saturated rings. The Morgan fingerprint density at radius 1 is 1.45 bits per heavy atom. The number of nitrogens with one attached hydrogen (secondary N) is 1. The molecule has 0 aromatic carbocycles. The highest BCUT2D eigenvalue weighted by Gasteiger charge is 2.53. The molecule has 3 atom stereocenters. The molecule has 3 unspecified atom stereocenters. The van der Waals surface area contributed by atoms with E-state index in [1.54, 1.807) is 11.3 Å². The highest BCUT2D eigenvalue weighted by atomic mass is 32.1. The minimum atomic E-state index is -0.245. The summed E-state index contributed by atoms with van der Waals surface area (Å²) >= 11 is 1.72. The Bertz CT molecular complexity index is 507. The predicted molar refractivity (Wildman–Crippen MR) is 80.4 cm³/mol. The van der Waals surface area contributed by atoms with Crippen LogP contribution in [0.2, 0.25) is 0 Å². The lowest BCUT2D eigenvalue weighted by molar-refractivity contribution is -0.133. The van der Waals surface area contributed by atoms with Crippen molar-refractivity contribution in [2.45, 2.75) is 50.7 Å². The van der Waals surface area contributed by atoms with Crippen molar-refractivity contribution in [3.8, 4) is 0 Å². The van der Waals surface area contributed by atoms with Crippen LogP contribution >= 0.6 is 11.3 Å². The van der Waals surface area contributed by atoms with Crippen LogP contribution in [0.3, 0.4) is 0 Å². The summed E-state index contributed by atoms with van der Waals surface area (Å²) in [6.07, 6.45) is 5.80. The van der Waals surface area contributed by atoms with Crippen molar-refractivity contribution < 1.29 is 4.79 Å². The zero-order valence-electron chi connectivity index (χ0n) is 12.0. The minimum absolute atomic E-state index is 0.111. The third-order valence-corrected chi connectivity index (χ3v) is 6.12. The van der Waals surface area contributed by atoms with Crippen LogP contribution in [0.5, 0.6) is 0 Å². The van der Waals surface area contributed by atoms with Crippen LogP contribution in [0.1, 0.15) is 50.8 Å². The third-order valence-electron chi connectivity index (χ3n) is 5.42. The number of nitrogens with zero attached hydrogens (tertiary/aromatic N) is 1. The number of carbonyl (C=O) groups excluding carboxylic acids is 1. The van der Waals surface area contributed by atoms with Crippen molar-refractivity contribution in [3.05, 3.63) is 22.4 Å². The van der Waals surface area contributed by atoms with Crippen LogP contribution in [0.25, 0.3) is 0 Å². The minimum Gasteiger partial charge on any atom is -0.321 e. The van der Waals surface area contributed by atoms with E-state index in [1.807, 2.05) is 0 Å². The zero-order chi connectivity index (χ0) is 13.7. The summed E-state index contributed by atoms with van der Waals surface area (Å²) in [5.41, 5.74) is 1.02. The maximum atomic E-state index is 13.0. The van der Waals surface area contributed by atoms with E-state index in [-0.39, 0.29) is 11.7 Å². The molecule has 0 bridgehead atoms. The fraction of sp³-hybridized carbons (Fsp3) is 0.688. The van der Waals surface area contributed by atoms with Crippen molar-refractivity contribution in [1.29, 1.82) is 0 Å². The van der Waals surface area contributed by atoms with E-state index in [0.29, 0.717) is 5.91 Å². The van der Waals surface area contributed by atoms with E-state index in [1.165, 1.54) is 24.8 Å². The van der Waals surface area contributed by atoms with Crippen LogP contribution in [-0.2, 0) is 4.79 Å². The van der Waals surface area contributed by atoms with Gasteiger partial charge in [0, 0.05) is 6.54 Å². The number of hydrogen-bond acceptors (Lipinski definition) is 3. The van der Waals surface area contributed by atoms with Crippen LogP contribution in [0.15, 0.2) is 16.8 Å². The third kappa shape index (κ3) is 1.92. The first-order chi connectivity index (χ1) is 9.70. The van der Waals surface area contributed by atoms with Gasteiger partial charge in [-0.1, -0.05) is 19.8 Å². The van der Waals surface area contributed by atoms with Gasteiger partial charge in [-0.25, -0.2) is 0 Å². The summed E-state index contributed by atoms with van der Waals surface area (Å²) in [6, 6.07) is 2.16. The Balaban J connectivity index is 1.63. The Morgan fingerprint density at radius 3 is 2.80 bits per heavy atom. The molecule has 1 amide bonds. The smallest absolute Gasteiger partial charge is 0.244 e. The summed E-state index contributed by atoms with van der Waals surface area (Å²) < 4.78 is 0. The molecule has 20 heavy (non-hydrogen) atoms. The van der Waals surface area contributed by atoms with Gasteiger partial charge in [-0.2, -0.15) is 11.3 Å². The Hall–Kier alpha value is -0.870. The van der Waals surface area contributed by atoms with Crippen LogP contribution in [0, 0.1) is 11.8 Å². The number of carbonyl (C=O) groups is 1. The molecule has 108 valence electrons. The van der Waals surface area contributed by atoms with Gasteiger partial charge in [0.2, 0.25) is 5.91 Å². The molecular formula is C16H22N2OS. The topological polar surface area (TPSA) is 32.3 Å². The fourth-order valence-electron chi connectivity index (χ4n) is 3.92. The summed E-state index contributed by atoms with van der Waals surface area (Å²) in [5, 5.41) is 7.99. The SMILES string of the molecule is CC1CC1CN1C(=O)C2(CCCC2)NC1c1ccsc1. The van der Waals surface area contributed by atoms with Gasteiger partial charge in [0.15, 0.2) is 0 Å². The summed E-state index contributed by atoms with van der Waals surface area (Å²) in [5.74, 6) is 1.88. The average molecular weight is 290 g/mol. The molecule has 1 saturated heterocycles. The highest BCUT2D eigenvalue weighted by molar-refractivity contribution is 7.07. The molecule has 2 heterocycles. The number of rotatable bonds is 3. The molecule has 2 saturated carbocycles. The first-order valence-corrected chi connectivity index (χ1v) is 8.75. The first kappa shape index (κ1) is 12.8. The normalized spacial score (nSPS) is 35.1. The van der Waals surface area contributed by atoms with Gasteiger partial charge < -0.3 is 4.90 Å². The zero-order valence-corrected chi connectivity index (χ0v) is 12.8. The van der Waals surface area contributed by atoms with Gasteiger partial charge in [0.05, 0.1) is 5.54 Å². The Labute approximate surface area is 124 Å². The van der Waals surface area contributed by atoms with E-state index < -0.39 is 0 Å². The van der Waals surface area contributed by atoms with E-state index in [2.05, 4.69) is 34.0 Å². The molecule has 1 aromatic heterocycles. The Kier molecular flexibility index (Phi) is 2.93. The second-order valence-electron chi connectivity index (χ2n) is 6.82. The lowest BCUT2D eigenvalue weighted by Crippen LogP contribution is -2.44. The van der Waals surface area contributed by atoms with Crippen molar-refractivity contribution in [2.75, 3.05) is 6.54 Å². The van der Waals surface area contributed by atoms with Gasteiger partial charge in [0.1, 0.15) is 6.17 Å². The van der Waals surface area contributed by atoms with Crippen LogP contribution in [-0.4, -0.2) is 22.9 Å². The van der Waals surface area contributed by atoms with Crippen LogP contribution < -0.4 is 5.32 Å². The second kappa shape index (κ2) is 4.57. The first-order valence-electron chi connectivity index (χ1n) is 7.80. The van der Waals surface area contributed by atoms with Gasteiger partial charge in [-0.15, -0.1) is 0 Å². The number of hydrogen-bond donors (Lipinski definition) is 1. The molecule has 3 aliphatic rings. The molecule has 1 aliphatic heterocycles. The van der Waals surface area contributed by atoms with Gasteiger partial charge in [-0.05, 0) is 53.5 Å². The van der Waals surface area contributed by atoms with E-state index in [0.717, 1.165) is 31.2 Å². The summed E-state index contributed by atoms with van der Waals surface area (Å²) in [6.45, 7) is 3.23. The van der Waals surface area contributed by atoms with Gasteiger partial charge in [-0.3, -0.25) is 10.1 Å². The van der Waals surface area contributed by atoms with Crippen molar-refractivity contribution in [1.82, 2.24) is 10.2 Å². The molecule has 2 aliphatic carbocycles. The molecule has 4 heteroatoms. The summed E-state index contributed by atoms with van der Waals surface area (Å²) in [4.78, 5) is 15.1. The monoisotopic (exact) mass is 290 g/mol. The van der Waals surface area contributed by atoms with Crippen molar-refractivity contribution >= 4 is 17.2 Å². The maximum Gasteiger partial charge on any atom is 0.244 e. The quantitative estimate of drug-likeness (QED) is 0.927. The van der Waals surface area contributed by atoms with Gasteiger partial charge >= 0.3 is 0 Å². The molecule has 1 aromatic rings. The molecule has 1 N–H and O–H groups in total. The molecular weight excluding hydrogens is 268 g/mol. The van der Waals surface area contributed by atoms with Crippen molar-refractivity contribution in [3.63, 3.8) is 0 Å². The lowest BCUT2D eigenvalue weighted by atomic mass is 9.98. The Morgan fingerprint density at radius 2 is 2.20 bits per heavy atom. The maximum absolute atomic E-state index is 13.0. The van der Waals surface area contributed by atoms with E-state index in [4.69, 9.17) is 0 Å². The average Bonchev–Trinajstić information content (AvgIpc) is 2.91. The van der Waals surface area contributed by atoms with Crippen molar-refractivity contribution in [2.24, 2.45) is 11.8 Å². The van der Waals surface area contributed by atoms with Gasteiger partial charge in [0.25, 0.3) is 0 Å². The summed E-state index contributed by atoms with van der Waals surface area (Å²) in [7, 11) is 0. The highest BCUT2D eigenvalue weighted by Crippen LogP contribution is 2.45. The van der Waals surface area contributed by atoms with E-state index >= 15 is 0 Å². The predicted octanol–water partition coefficient (Wildman–Crippen LogP) is 3.15. The second-order valence-corrected chi connectivity index (χ2v) is 7.60.